The van der Waals surface area contributed by atoms with Gasteiger partial charge in [0.2, 0.25) is 5.91 Å². The molecule has 0 bridgehead atoms. The smallest absolute Gasteiger partial charge is 0.242 e. The number of carbonyl (C=O) groups excluding carboxylic acids is 3. The zero-order valence-electron chi connectivity index (χ0n) is 14.6. The van der Waals surface area contributed by atoms with E-state index in [1.54, 1.807) is 24.3 Å². The fourth-order valence-corrected chi connectivity index (χ4v) is 3.90. The number of amides is 1. The Hall–Kier alpha value is -3.06. The molecular weight excluding hydrogens is 366 g/mol. The standard InChI is InChI=1S/C20H17NO5S/c1-3-10-27(25,26)12(2)20(24)21-13-8-9-16-17(11-13)19(23)15-7-5-4-6-14(15)18(16)22/h3-9,11-12H,1,10H2,2H3,(H,21,24). The van der Waals surface area contributed by atoms with Gasteiger partial charge in [-0.05, 0) is 25.1 Å². The minimum atomic E-state index is -3.66. The third-order valence-corrected chi connectivity index (χ3v) is 6.44. The molecule has 1 amide bonds. The molecule has 1 atom stereocenters. The predicted molar refractivity (Wildman–Crippen MR) is 102 cm³/mol. The van der Waals surface area contributed by atoms with Crippen molar-refractivity contribution in [2.24, 2.45) is 0 Å². The van der Waals surface area contributed by atoms with Crippen LogP contribution in [0.5, 0.6) is 0 Å². The van der Waals surface area contributed by atoms with Crippen LogP contribution in [0.25, 0.3) is 0 Å². The van der Waals surface area contributed by atoms with Crippen molar-refractivity contribution in [3.63, 3.8) is 0 Å². The Bertz CT molecular complexity index is 1090. The molecule has 27 heavy (non-hydrogen) atoms. The molecule has 3 rings (SSSR count). The SMILES string of the molecule is C=CCS(=O)(=O)C(C)C(=O)Nc1ccc2c(c1)C(=O)c1ccccc1C2=O. The molecule has 6 nitrogen and oxygen atoms in total. The van der Waals surface area contributed by atoms with Crippen LogP contribution >= 0.6 is 0 Å². The van der Waals surface area contributed by atoms with Gasteiger partial charge in [0.05, 0.1) is 5.75 Å². The van der Waals surface area contributed by atoms with E-state index in [-0.39, 0.29) is 34.1 Å². The maximum atomic E-state index is 12.7. The number of carbonyl (C=O) groups is 3. The number of anilines is 1. The summed E-state index contributed by atoms with van der Waals surface area (Å²) in [5.74, 6) is -1.61. The highest BCUT2D eigenvalue weighted by molar-refractivity contribution is 7.92. The summed E-state index contributed by atoms with van der Waals surface area (Å²) in [5.41, 5.74) is 1.33. The number of ketones is 2. The van der Waals surface area contributed by atoms with Gasteiger partial charge in [0, 0.05) is 27.9 Å². The second-order valence-electron chi connectivity index (χ2n) is 6.21. The van der Waals surface area contributed by atoms with Crippen LogP contribution in [0.15, 0.2) is 55.1 Å². The number of benzene rings is 2. The Kier molecular flexibility index (Phi) is 4.80. The Morgan fingerprint density at radius 1 is 1.04 bits per heavy atom. The van der Waals surface area contributed by atoms with E-state index in [0.717, 1.165) is 0 Å². The van der Waals surface area contributed by atoms with E-state index in [1.807, 2.05) is 0 Å². The van der Waals surface area contributed by atoms with E-state index < -0.39 is 21.0 Å². The molecule has 1 N–H and O–H groups in total. The number of rotatable bonds is 5. The lowest BCUT2D eigenvalue weighted by molar-refractivity contribution is -0.115. The van der Waals surface area contributed by atoms with Crippen LogP contribution in [0.4, 0.5) is 5.69 Å². The zero-order chi connectivity index (χ0) is 19.8. The first-order valence-corrected chi connectivity index (χ1v) is 9.93. The molecule has 138 valence electrons. The van der Waals surface area contributed by atoms with Gasteiger partial charge in [-0.1, -0.05) is 30.3 Å². The van der Waals surface area contributed by atoms with Crippen molar-refractivity contribution in [1.29, 1.82) is 0 Å². The molecule has 0 aliphatic heterocycles. The molecule has 0 fully saturated rings. The van der Waals surface area contributed by atoms with Gasteiger partial charge in [-0.3, -0.25) is 14.4 Å². The van der Waals surface area contributed by atoms with Crippen LogP contribution in [0.2, 0.25) is 0 Å². The molecule has 2 aromatic carbocycles. The first kappa shape index (κ1) is 18.7. The summed E-state index contributed by atoms with van der Waals surface area (Å²) in [6.45, 7) is 4.66. The van der Waals surface area contributed by atoms with Crippen LogP contribution in [0, 0.1) is 0 Å². The average molecular weight is 383 g/mol. The van der Waals surface area contributed by atoms with Crippen molar-refractivity contribution >= 4 is 33.0 Å². The highest BCUT2D eigenvalue weighted by Crippen LogP contribution is 2.29. The molecule has 1 aliphatic carbocycles. The van der Waals surface area contributed by atoms with Gasteiger partial charge in [-0.2, -0.15) is 0 Å². The van der Waals surface area contributed by atoms with Crippen molar-refractivity contribution in [3.05, 3.63) is 77.4 Å². The van der Waals surface area contributed by atoms with Crippen LogP contribution in [0.3, 0.4) is 0 Å². The second kappa shape index (κ2) is 6.92. The molecule has 0 heterocycles. The molecule has 7 heteroatoms. The van der Waals surface area contributed by atoms with Crippen molar-refractivity contribution in [2.45, 2.75) is 12.2 Å². The highest BCUT2D eigenvalue weighted by Gasteiger charge is 2.30. The first-order chi connectivity index (χ1) is 12.8. The largest absolute Gasteiger partial charge is 0.325 e. The van der Waals surface area contributed by atoms with Crippen LogP contribution in [0.1, 0.15) is 38.8 Å². The van der Waals surface area contributed by atoms with Crippen molar-refractivity contribution in [2.75, 3.05) is 11.1 Å². The van der Waals surface area contributed by atoms with E-state index in [4.69, 9.17) is 0 Å². The predicted octanol–water partition coefficient (Wildman–Crippen LogP) is 2.39. The van der Waals surface area contributed by atoms with Gasteiger partial charge in [0.1, 0.15) is 5.25 Å². The van der Waals surface area contributed by atoms with E-state index in [1.165, 1.54) is 31.2 Å². The van der Waals surface area contributed by atoms with Gasteiger partial charge in [-0.15, -0.1) is 6.58 Å². The summed E-state index contributed by atoms with van der Waals surface area (Å²) < 4.78 is 24.0. The zero-order valence-corrected chi connectivity index (χ0v) is 15.4. The molecule has 0 radical (unpaired) electrons. The molecule has 0 aromatic heterocycles. The maximum absolute atomic E-state index is 12.7. The normalized spacial score (nSPS) is 14.1. The number of hydrogen-bond donors (Lipinski definition) is 1. The molecule has 0 saturated heterocycles. The van der Waals surface area contributed by atoms with Crippen LogP contribution < -0.4 is 5.32 Å². The molecule has 1 unspecified atom stereocenters. The highest BCUT2D eigenvalue weighted by atomic mass is 32.2. The maximum Gasteiger partial charge on any atom is 0.242 e. The lowest BCUT2D eigenvalue weighted by Crippen LogP contribution is -2.33. The van der Waals surface area contributed by atoms with Crippen LogP contribution in [-0.4, -0.2) is 36.9 Å². The van der Waals surface area contributed by atoms with Crippen molar-refractivity contribution in [3.8, 4) is 0 Å². The summed E-state index contributed by atoms with van der Waals surface area (Å²) in [6, 6.07) is 10.9. The lowest BCUT2D eigenvalue weighted by Gasteiger charge is -2.18. The number of nitrogens with one attached hydrogen (secondary N) is 1. The first-order valence-electron chi connectivity index (χ1n) is 8.22. The number of hydrogen-bond acceptors (Lipinski definition) is 5. The fourth-order valence-electron chi connectivity index (χ4n) is 2.89. The molecular formula is C20H17NO5S. The van der Waals surface area contributed by atoms with Crippen LogP contribution in [-0.2, 0) is 14.6 Å². The average Bonchev–Trinajstić information content (AvgIpc) is 2.65. The van der Waals surface area contributed by atoms with E-state index >= 15 is 0 Å². The molecule has 1 aliphatic rings. The second-order valence-corrected chi connectivity index (χ2v) is 8.58. The third kappa shape index (κ3) is 3.33. The van der Waals surface area contributed by atoms with Crippen molar-refractivity contribution < 1.29 is 22.8 Å². The van der Waals surface area contributed by atoms with Gasteiger partial charge in [0.25, 0.3) is 0 Å². The fraction of sp³-hybridized carbons (Fsp3) is 0.150. The lowest BCUT2D eigenvalue weighted by atomic mass is 9.84. The third-order valence-electron chi connectivity index (χ3n) is 4.45. The molecule has 0 saturated carbocycles. The minimum absolute atomic E-state index is 0.179. The summed E-state index contributed by atoms with van der Waals surface area (Å²) in [5, 5.41) is 1.23. The quantitative estimate of drug-likeness (QED) is 0.682. The Morgan fingerprint density at radius 3 is 2.19 bits per heavy atom. The summed E-state index contributed by atoms with van der Waals surface area (Å²) in [6.07, 6.45) is 1.22. The Morgan fingerprint density at radius 2 is 1.59 bits per heavy atom. The van der Waals surface area contributed by atoms with E-state index in [0.29, 0.717) is 11.1 Å². The topological polar surface area (TPSA) is 97.4 Å². The van der Waals surface area contributed by atoms with Gasteiger partial charge >= 0.3 is 0 Å². The summed E-state index contributed by atoms with van der Waals surface area (Å²) in [7, 11) is -3.66. The Labute approximate surface area is 156 Å². The van der Waals surface area contributed by atoms with Gasteiger partial charge < -0.3 is 5.32 Å². The minimum Gasteiger partial charge on any atom is -0.325 e. The summed E-state index contributed by atoms with van der Waals surface area (Å²) >= 11 is 0. The molecule has 0 spiro atoms. The van der Waals surface area contributed by atoms with Gasteiger partial charge in [-0.25, -0.2) is 8.42 Å². The molecule has 2 aromatic rings. The summed E-state index contributed by atoms with van der Waals surface area (Å²) in [4.78, 5) is 37.5. The monoisotopic (exact) mass is 383 g/mol. The number of sulfone groups is 1. The Balaban J connectivity index is 1.91. The van der Waals surface area contributed by atoms with Gasteiger partial charge in [0.15, 0.2) is 21.4 Å². The van der Waals surface area contributed by atoms with E-state index in [2.05, 4.69) is 11.9 Å². The van der Waals surface area contributed by atoms with Crippen molar-refractivity contribution in [1.82, 2.24) is 0 Å². The van der Waals surface area contributed by atoms with E-state index in [9.17, 15) is 22.8 Å². The number of fused-ring (bicyclic) bond motifs is 2.